The second kappa shape index (κ2) is 9.89. The van der Waals surface area contributed by atoms with Gasteiger partial charge in [-0.05, 0) is 42.0 Å². The number of hydrogen-bond acceptors (Lipinski definition) is 6. The largest absolute Gasteiger partial charge is 0.486 e. The fourth-order valence-corrected chi connectivity index (χ4v) is 2.87. The van der Waals surface area contributed by atoms with Crippen LogP contribution < -0.4 is 4.74 Å². The molecule has 0 aliphatic rings. The Balaban J connectivity index is 1.67. The van der Waals surface area contributed by atoms with Crippen molar-refractivity contribution >= 4 is 11.6 Å². The summed E-state index contributed by atoms with van der Waals surface area (Å²) in [5.41, 5.74) is 1.12. The molecule has 3 aromatic rings. The van der Waals surface area contributed by atoms with Crippen molar-refractivity contribution in [3.8, 4) is 11.8 Å². The summed E-state index contributed by atoms with van der Waals surface area (Å²) in [5, 5.41) is 19.8. The maximum atomic E-state index is 12.9. The van der Waals surface area contributed by atoms with Crippen molar-refractivity contribution in [3.63, 3.8) is 0 Å². The molecule has 3 rings (SSSR count). The summed E-state index contributed by atoms with van der Waals surface area (Å²) in [7, 11) is 0. The van der Waals surface area contributed by atoms with Crippen molar-refractivity contribution in [2.24, 2.45) is 0 Å². The number of nitriles is 1. The molecule has 156 valence electrons. The fourth-order valence-electron chi connectivity index (χ4n) is 2.87. The van der Waals surface area contributed by atoms with Crippen LogP contribution in [0, 0.1) is 21.4 Å². The third-order valence-corrected chi connectivity index (χ3v) is 4.37. The number of furan rings is 1. The lowest BCUT2D eigenvalue weighted by Crippen LogP contribution is -2.30. The van der Waals surface area contributed by atoms with Gasteiger partial charge in [-0.15, -0.1) is 6.58 Å². The molecule has 0 aliphatic carbocycles. The zero-order chi connectivity index (χ0) is 22.2. The Hall–Kier alpha value is -4.38. The number of rotatable bonds is 9. The number of hydrogen-bond donors (Lipinski definition) is 0. The zero-order valence-corrected chi connectivity index (χ0v) is 16.6. The van der Waals surface area contributed by atoms with E-state index in [1.54, 1.807) is 54.6 Å². The first-order valence-electron chi connectivity index (χ1n) is 9.35. The average Bonchev–Trinajstić information content (AvgIpc) is 3.26. The van der Waals surface area contributed by atoms with Crippen molar-refractivity contribution in [2.45, 2.75) is 13.2 Å². The molecule has 0 aliphatic heterocycles. The number of carbonyl (C=O) groups is 1. The van der Waals surface area contributed by atoms with Gasteiger partial charge in [-0.1, -0.05) is 18.2 Å². The summed E-state index contributed by atoms with van der Waals surface area (Å²) in [5.74, 6) is 0.797. The smallest absolute Gasteiger partial charge is 0.290 e. The molecule has 0 bridgehead atoms. The number of benzene rings is 2. The van der Waals surface area contributed by atoms with E-state index in [4.69, 9.17) is 14.4 Å². The number of nitro benzene ring substituents is 1. The first-order chi connectivity index (χ1) is 15.0. The van der Waals surface area contributed by atoms with E-state index < -0.39 is 4.92 Å². The molecule has 2 aromatic carbocycles. The molecule has 0 N–H and O–H groups in total. The van der Waals surface area contributed by atoms with Crippen LogP contribution in [-0.4, -0.2) is 22.3 Å². The molecule has 0 saturated carbocycles. The van der Waals surface area contributed by atoms with Gasteiger partial charge in [0.1, 0.15) is 18.1 Å². The minimum absolute atomic E-state index is 0.0382. The monoisotopic (exact) mass is 417 g/mol. The van der Waals surface area contributed by atoms with Crippen LogP contribution in [0.3, 0.4) is 0 Å². The van der Waals surface area contributed by atoms with E-state index in [1.807, 2.05) is 6.07 Å². The van der Waals surface area contributed by atoms with Gasteiger partial charge in [-0.3, -0.25) is 14.9 Å². The molecule has 0 fully saturated rings. The molecule has 0 saturated heterocycles. The predicted octanol–water partition coefficient (Wildman–Crippen LogP) is 4.47. The van der Waals surface area contributed by atoms with Crippen LogP contribution in [0.2, 0.25) is 0 Å². The normalized spacial score (nSPS) is 10.2. The van der Waals surface area contributed by atoms with Crippen LogP contribution in [0.25, 0.3) is 0 Å². The van der Waals surface area contributed by atoms with E-state index in [2.05, 4.69) is 6.58 Å². The average molecular weight is 417 g/mol. The lowest BCUT2D eigenvalue weighted by atomic mass is 10.2. The minimum atomic E-state index is -0.476. The SMILES string of the molecule is C=CCN(Cc1cccc([N+](=O)[O-])c1)C(=O)c1ccc(COc2ccc(C#N)cc2)o1. The highest BCUT2D eigenvalue weighted by molar-refractivity contribution is 5.91. The second-order valence-electron chi connectivity index (χ2n) is 6.59. The summed E-state index contributed by atoms with van der Waals surface area (Å²) in [4.78, 5) is 24.9. The quantitative estimate of drug-likeness (QED) is 0.289. The number of ether oxygens (including phenoxy) is 1. The fraction of sp³-hybridized carbons (Fsp3) is 0.130. The molecule has 8 nitrogen and oxygen atoms in total. The number of carbonyl (C=O) groups excluding carboxylic acids is 1. The number of nitro groups is 1. The van der Waals surface area contributed by atoms with Crippen LogP contribution >= 0.6 is 0 Å². The third kappa shape index (κ3) is 5.58. The van der Waals surface area contributed by atoms with Gasteiger partial charge in [0.2, 0.25) is 0 Å². The first kappa shape index (κ1) is 21.3. The van der Waals surface area contributed by atoms with Crippen LogP contribution in [0.15, 0.2) is 77.7 Å². The summed E-state index contributed by atoms with van der Waals surface area (Å²) < 4.78 is 11.2. The first-order valence-corrected chi connectivity index (χ1v) is 9.35. The van der Waals surface area contributed by atoms with Gasteiger partial charge in [0.15, 0.2) is 5.76 Å². The van der Waals surface area contributed by atoms with E-state index in [0.29, 0.717) is 22.6 Å². The molecule has 0 radical (unpaired) electrons. The Morgan fingerprint density at radius 2 is 2.00 bits per heavy atom. The van der Waals surface area contributed by atoms with E-state index in [0.717, 1.165) is 0 Å². The van der Waals surface area contributed by atoms with E-state index in [1.165, 1.54) is 17.0 Å². The topological polar surface area (TPSA) is 110 Å². The highest BCUT2D eigenvalue weighted by Gasteiger charge is 2.20. The van der Waals surface area contributed by atoms with Gasteiger partial charge in [-0.25, -0.2) is 0 Å². The molecule has 8 heteroatoms. The van der Waals surface area contributed by atoms with Gasteiger partial charge in [0.05, 0.1) is 16.6 Å². The Morgan fingerprint density at radius 1 is 1.23 bits per heavy atom. The number of amides is 1. The predicted molar refractivity (Wildman–Crippen MR) is 112 cm³/mol. The maximum Gasteiger partial charge on any atom is 0.290 e. The highest BCUT2D eigenvalue weighted by Crippen LogP contribution is 2.19. The Labute approximate surface area is 178 Å². The van der Waals surface area contributed by atoms with Gasteiger partial charge < -0.3 is 14.1 Å². The molecule has 1 amide bonds. The lowest BCUT2D eigenvalue weighted by molar-refractivity contribution is -0.384. The van der Waals surface area contributed by atoms with Crippen molar-refractivity contribution in [1.82, 2.24) is 4.90 Å². The summed E-state index contributed by atoms with van der Waals surface area (Å²) in [6, 6.07) is 18.0. The number of nitrogens with zero attached hydrogens (tertiary/aromatic N) is 3. The van der Waals surface area contributed by atoms with Crippen LogP contribution in [0.4, 0.5) is 5.69 Å². The van der Waals surface area contributed by atoms with Crippen LogP contribution in [0.1, 0.15) is 27.4 Å². The second-order valence-corrected chi connectivity index (χ2v) is 6.59. The highest BCUT2D eigenvalue weighted by atomic mass is 16.6. The molecule has 1 heterocycles. The van der Waals surface area contributed by atoms with E-state index >= 15 is 0 Å². The van der Waals surface area contributed by atoms with Gasteiger partial charge in [-0.2, -0.15) is 5.26 Å². The molecular weight excluding hydrogens is 398 g/mol. The van der Waals surface area contributed by atoms with Crippen molar-refractivity contribution in [1.29, 1.82) is 5.26 Å². The standard InChI is InChI=1S/C23H19N3O5/c1-2-12-25(15-18-4-3-5-19(13-18)26(28)29)23(27)22-11-10-21(31-22)16-30-20-8-6-17(14-24)7-9-20/h2-11,13H,1,12,15-16H2. The molecule has 31 heavy (non-hydrogen) atoms. The van der Waals surface area contributed by atoms with Crippen molar-refractivity contribution < 1.29 is 18.9 Å². The summed E-state index contributed by atoms with van der Waals surface area (Å²) in [6.07, 6.45) is 1.58. The zero-order valence-electron chi connectivity index (χ0n) is 16.6. The van der Waals surface area contributed by atoms with E-state index in [-0.39, 0.29) is 37.1 Å². The van der Waals surface area contributed by atoms with Gasteiger partial charge in [0, 0.05) is 25.2 Å². The van der Waals surface area contributed by atoms with E-state index in [9.17, 15) is 14.9 Å². The molecule has 0 unspecified atom stereocenters. The van der Waals surface area contributed by atoms with Gasteiger partial charge >= 0.3 is 0 Å². The van der Waals surface area contributed by atoms with Crippen LogP contribution in [-0.2, 0) is 13.2 Å². The van der Waals surface area contributed by atoms with Crippen molar-refractivity contribution in [3.05, 3.63) is 106 Å². The Kier molecular flexibility index (Phi) is 6.81. The lowest BCUT2D eigenvalue weighted by Gasteiger charge is -2.20. The molecular formula is C23H19N3O5. The Morgan fingerprint density at radius 3 is 2.68 bits per heavy atom. The number of non-ortho nitro benzene ring substituents is 1. The maximum absolute atomic E-state index is 12.9. The van der Waals surface area contributed by atoms with Crippen LogP contribution in [0.5, 0.6) is 5.75 Å². The molecule has 0 spiro atoms. The summed E-state index contributed by atoms with van der Waals surface area (Å²) >= 11 is 0. The third-order valence-electron chi connectivity index (χ3n) is 4.37. The molecule has 0 atom stereocenters. The Bertz CT molecular complexity index is 1130. The summed E-state index contributed by atoms with van der Waals surface area (Å²) in [6.45, 7) is 4.21. The van der Waals surface area contributed by atoms with Gasteiger partial charge in [0.25, 0.3) is 11.6 Å². The minimum Gasteiger partial charge on any atom is -0.486 e. The molecule has 1 aromatic heterocycles. The van der Waals surface area contributed by atoms with Crippen molar-refractivity contribution in [2.75, 3.05) is 6.54 Å².